The summed E-state index contributed by atoms with van der Waals surface area (Å²) >= 11 is 3.24. The number of piperidine rings is 1. The molecule has 0 N–H and O–H groups in total. The third-order valence-corrected chi connectivity index (χ3v) is 7.48. The van der Waals surface area contributed by atoms with E-state index in [1.54, 1.807) is 27.6 Å². The summed E-state index contributed by atoms with van der Waals surface area (Å²) in [6.45, 7) is 1.92. The van der Waals surface area contributed by atoms with Crippen molar-refractivity contribution in [1.82, 2.24) is 9.80 Å². The van der Waals surface area contributed by atoms with Crippen molar-refractivity contribution >= 4 is 34.5 Å². The first kappa shape index (κ1) is 23.5. The Bertz CT molecular complexity index is 1020. The Kier molecular flexibility index (Phi) is 7.19. The van der Waals surface area contributed by atoms with Gasteiger partial charge in [0.05, 0.1) is 18.7 Å². The molecule has 1 aliphatic rings. The van der Waals surface area contributed by atoms with Crippen LogP contribution in [0.5, 0.6) is 0 Å². The maximum Gasteiger partial charge on any atom is 0.416 e. The van der Waals surface area contributed by atoms with Gasteiger partial charge in [-0.2, -0.15) is 13.2 Å². The Morgan fingerprint density at radius 3 is 1.91 bits per heavy atom. The van der Waals surface area contributed by atoms with Gasteiger partial charge in [-0.05, 0) is 60.0 Å². The van der Waals surface area contributed by atoms with Gasteiger partial charge in [0.2, 0.25) is 5.91 Å². The fourth-order valence-corrected chi connectivity index (χ4v) is 5.40. The van der Waals surface area contributed by atoms with Crippen molar-refractivity contribution in [3.05, 3.63) is 80.2 Å². The van der Waals surface area contributed by atoms with Gasteiger partial charge in [-0.3, -0.25) is 9.59 Å². The van der Waals surface area contributed by atoms with Crippen LogP contribution in [0.15, 0.2) is 59.3 Å². The molecule has 0 spiro atoms. The number of carbonyl (C=O) groups is 2. The van der Waals surface area contributed by atoms with Gasteiger partial charge in [-0.1, -0.05) is 12.1 Å². The van der Waals surface area contributed by atoms with Gasteiger partial charge in [-0.15, -0.1) is 22.7 Å². The molecule has 0 atom stereocenters. The van der Waals surface area contributed by atoms with Crippen LogP contribution < -0.4 is 0 Å². The minimum Gasteiger partial charge on any atom is -0.339 e. The van der Waals surface area contributed by atoms with Crippen molar-refractivity contribution in [3.63, 3.8) is 0 Å². The lowest BCUT2D eigenvalue weighted by Gasteiger charge is -2.34. The maximum absolute atomic E-state index is 13.4. The summed E-state index contributed by atoms with van der Waals surface area (Å²) in [6.07, 6.45) is -3.36. The molecule has 2 aromatic heterocycles. The third-order valence-electron chi connectivity index (χ3n) is 5.76. The highest BCUT2D eigenvalue weighted by atomic mass is 32.1. The lowest BCUT2D eigenvalue weighted by molar-refractivity contribution is -0.138. The van der Waals surface area contributed by atoms with Crippen molar-refractivity contribution in [2.24, 2.45) is 5.92 Å². The Morgan fingerprint density at radius 2 is 1.45 bits per heavy atom. The van der Waals surface area contributed by atoms with E-state index in [0.29, 0.717) is 39.0 Å². The molecule has 0 unspecified atom stereocenters. The van der Waals surface area contributed by atoms with Crippen LogP contribution in [0.4, 0.5) is 13.2 Å². The number of hydrogen-bond acceptors (Lipinski definition) is 4. The smallest absolute Gasteiger partial charge is 0.339 e. The summed E-state index contributed by atoms with van der Waals surface area (Å²) < 4.78 is 38.3. The van der Waals surface area contributed by atoms with Gasteiger partial charge < -0.3 is 9.80 Å². The van der Waals surface area contributed by atoms with E-state index in [0.717, 1.165) is 21.9 Å². The number of halogens is 3. The van der Waals surface area contributed by atoms with Crippen molar-refractivity contribution in [2.75, 3.05) is 13.1 Å². The first-order valence-electron chi connectivity index (χ1n) is 10.6. The summed E-state index contributed by atoms with van der Waals surface area (Å²) in [5.41, 5.74) is -0.551. The van der Waals surface area contributed by atoms with E-state index in [2.05, 4.69) is 0 Å². The molecule has 3 aromatic rings. The van der Waals surface area contributed by atoms with E-state index >= 15 is 0 Å². The number of hydrogen-bond donors (Lipinski definition) is 0. The highest BCUT2D eigenvalue weighted by Gasteiger charge is 2.32. The monoisotopic (exact) mass is 492 g/mol. The molecule has 3 heterocycles. The largest absolute Gasteiger partial charge is 0.416 e. The SMILES string of the molecule is O=C(c1ccc(C(F)(F)F)cc1)N1CCC(C(=O)N(Cc2cccs2)Cc2cccs2)CC1. The summed E-state index contributed by atoms with van der Waals surface area (Å²) in [5, 5.41) is 3.99. The standard InChI is InChI=1S/C24H23F3N2O2S2/c25-24(26,27)19-7-5-17(6-8-19)22(30)28-11-9-18(10-12-28)23(31)29(15-20-3-1-13-32-20)16-21-4-2-14-33-21/h1-8,13-14,18H,9-12,15-16H2. The first-order chi connectivity index (χ1) is 15.8. The predicted molar refractivity (Wildman–Crippen MR) is 123 cm³/mol. The second-order valence-corrected chi connectivity index (χ2v) is 10.1. The maximum atomic E-state index is 13.4. The van der Waals surface area contributed by atoms with Gasteiger partial charge in [0.1, 0.15) is 0 Å². The van der Waals surface area contributed by atoms with Gasteiger partial charge in [0.25, 0.3) is 5.91 Å². The highest BCUT2D eigenvalue weighted by Crippen LogP contribution is 2.30. The average Bonchev–Trinajstić information content (AvgIpc) is 3.52. The lowest BCUT2D eigenvalue weighted by Crippen LogP contribution is -2.44. The van der Waals surface area contributed by atoms with E-state index in [1.165, 1.54) is 12.1 Å². The molecule has 2 amide bonds. The molecular weight excluding hydrogens is 469 g/mol. The molecule has 174 valence electrons. The molecule has 9 heteroatoms. The zero-order chi connectivity index (χ0) is 23.4. The van der Waals surface area contributed by atoms with Crippen LogP contribution in [0.2, 0.25) is 0 Å². The number of rotatable bonds is 6. The number of alkyl halides is 3. The molecule has 0 aliphatic carbocycles. The summed E-state index contributed by atoms with van der Waals surface area (Å²) in [4.78, 5) is 31.8. The van der Waals surface area contributed by atoms with Crippen LogP contribution in [0.3, 0.4) is 0 Å². The quantitative estimate of drug-likeness (QED) is 0.429. The molecule has 1 aliphatic heterocycles. The van der Waals surface area contributed by atoms with Crippen molar-refractivity contribution < 1.29 is 22.8 Å². The topological polar surface area (TPSA) is 40.6 Å². The molecule has 4 nitrogen and oxygen atoms in total. The lowest BCUT2D eigenvalue weighted by atomic mass is 9.94. The number of likely N-dealkylation sites (tertiary alicyclic amines) is 1. The summed E-state index contributed by atoms with van der Waals surface area (Å²) in [7, 11) is 0. The Hall–Kier alpha value is -2.65. The second-order valence-electron chi connectivity index (χ2n) is 7.99. The van der Waals surface area contributed by atoms with Crippen LogP contribution in [0, 0.1) is 5.92 Å². The van der Waals surface area contributed by atoms with Crippen LogP contribution >= 0.6 is 22.7 Å². The van der Waals surface area contributed by atoms with Crippen LogP contribution in [-0.2, 0) is 24.1 Å². The predicted octanol–water partition coefficient (Wildman–Crippen LogP) is 5.91. The second kappa shape index (κ2) is 10.1. The summed E-state index contributed by atoms with van der Waals surface area (Å²) in [6, 6.07) is 12.3. The fourth-order valence-electron chi connectivity index (χ4n) is 3.97. The average molecular weight is 493 g/mol. The zero-order valence-corrected chi connectivity index (χ0v) is 19.4. The minimum absolute atomic E-state index is 0.0819. The van der Waals surface area contributed by atoms with E-state index in [4.69, 9.17) is 0 Å². The van der Waals surface area contributed by atoms with Crippen molar-refractivity contribution in [1.29, 1.82) is 0 Å². The molecule has 1 fully saturated rings. The van der Waals surface area contributed by atoms with Crippen molar-refractivity contribution in [3.8, 4) is 0 Å². The van der Waals surface area contributed by atoms with E-state index in [9.17, 15) is 22.8 Å². The molecule has 1 saturated heterocycles. The molecule has 0 radical (unpaired) electrons. The molecule has 0 bridgehead atoms. The number of amides is 2. The van der Waals surface area contributed by atoms with E-state index in [-0.39, 0.29) is 23.3 Å². The molecule has 33 heavy (non-hydrogen) atoms. The van der Waals surface area contributed by atoms with Crippen LogP contribution in [0.25, 0.3) is 0 Å². The van der Waals surface area contributed by atoms with Crippen LogP contribution in [0.1, 0.15) is 38.5 Å². The highest BCUT2D eigenvalue weighted by molar-refractivity contribution is 7.10. The Morgan fingerprint density at radius 1 is 0.909 bits per heavy atom. The van der Waals surface area contributed by atoms with Crippen LogP contribution in [-0.4, -0.2) is 34.7 Å². The molecule has 1 aromatic carbocycles. The van der Waals surface area contributed by atoms with Gasteiger partial charge in [0.15, 0.2) is 0 Å². The normalized spacial score (nSPS) is 14.9. The summed E-state index contributed by atoms with van der Waals surface area (Å²) in [5.74, 6) is -0.399. The minimum atomic E-state index is -4.43. The molecule has 4 rings (SSSR count). The van der Waals surface area contributed by atoms with Gasteiger partial charge in [-0.25, -0.2) is 0 Å². The first-order valence-corrected chi connectivity index (χ1v) is 12.4. The Balaban J connectivity index is 1.38. The Labute approximate surface area is 198 Å². The van der Waals surface area contributed by atoms with Gasteiger partial charge >= 0.3 is 6.18 Å². The van der Waals surface area contributed by atoms with Gasteiger partial charge in [0, 0.05) is 34.3 Å². The van der Waals surface area contributed by atoms with E-state index < -0.39 is 11.7 Å². The van der Waals surface area contributed by atoms with Crippen molar-refractivity contribution in [2.45, 2.75) is 32.1 Å². The fraction of sp³-hybridized carbons (Fsp3) is 0.333. The molecule has 0 saturated carbocycles. The number of benzene rings is 1. The number of carbonyl (C=O) groups excluding carboxylic acids is 2. The molecular formula is C24H23F3N2O2S2. The third kappa shape index (κ3) is 5.83. The van der Waals surface area contributed by atoms with E-state index in [1.807, 2.05) is 39.9 Å². The number of thiophene rings is 2. The zero-order valence-electron chi connectivity index (χ0n) is 17.8. The number of nitrogens with zero attached hydrogens (tertiary/aromatic N) is 2.